The van der Waals surface area contributed by atoms with Crippen molar-refractivity contribution >= 4 is 11.8 Å². The second-order valence-electron chi connectivity index (χ2n) is 4.80. The molecule has 1 aromatic rings. The summed E-state index contributed by atoms with van der Waals surface area (Å²) in [6.45, 7) is 2.10. The normalized spacial score (nSPS) is 23.8. The van der Waals surface area contributed by atoms with Crippen molar-refractivity contribution in [3.05, 3.63) is 30.1 Å². The first-order valence-electron chi connectivity index (χ1n) is 6.44. The number of nitrogens with zero attached hydrogens (tertiary/aromatic N) is 1. The van der Waals surface area contributed by atoms with E-state index in [2.05, 4.69) is 17.2 Å². The van der Waals surface area contributed by atoms with Crippen LogP contribution in [0.15, 0.2) is 24.5 Å². The molecule has 0 bridgehead atoms. The Hall–Kier alpha value is -1.71. The van der Waals surface area contributed by atoms with Crippen LogP contribution in [-0.2, 0) is 15.0 Å². The van der Waals surface area contributed by atoms with Crippen molar-refractivity contribution in [3.63, 3.8) is 0 Å². The number of amides is 2. The molecule has 2 amide bonds. The number of rotatable bonds is 4. The van der Waals surface area contributed by atoms with Gasteiger partial charge in [-0.25, -0.2) is 0 Å². The molecule has 0 radical (unpaired) electrons. The Balaban J connectivity index is 2.34. The molecule has 1 N–H and O–H groups in total. The number of imide groups is 1. The van der Waals surface area contributed by atoms with Gasteiger partial charge in [-0.3, -0.25) is 19.9 Å². The average Bonchev–Trinajstić information content (AvgIpc) is 2.39. The van der Waals surface area contributed by atoms with Crippen LogP contribution in [0.1, 0.15) is 44.6 Å². The summed E-state index contributed by atoms with van der Waals surface area (Å²) in [5.41, 5.74) is 0.420. The van der Waals surface area contributed by atoms with E-state index in [1.165, 1.54) is 0 Å². The first kappa shape index (κ1) is 12.7. The Bertz CT molecular complexity index is 444. The number of nitrogens with one attached hydrogen (secondary N) is 1. The van der Waals surface area contributed by atoms with Gasteiger partial charge < -0.3 is 0 Å². The molecule has 0 saturated carbocycles. The van der Waals surface area contributed by atoms with Gasteiger partial charge in [0, 0.05) is 18.8 Å². The fourth-order valence-electron chi connectivity index (χ4n) is 2.56. The van der Waals surface area contributed by atoms with Crippen molar-refractivity contribution in [2.75, 3.05) is 0 Å². The molecule has 2 rings (SSSR count). The van der Waals surface area contributed by atoms with Crippen LogP contribution >= 0.6 is 0 Å². The fourth-order valence-corrected chi connectivity index (χ4v) is 2.56. The van der Waals surface area contributed by atoms with Crippen LogP contribution in [0.4, 0.5) is 0 Å². The Morgan fingerprint density at radius 3 is 2.67 bits per heavy atom. The summed E-state index contributed by atoms with van der Waals surface area (Å²) in [6.07, 6.45) is 7.21. The Morgan fingerprint density at radius 2 is 2.06 bits per heavy atom. The van der Waals surface area contributed by atoms with Crippen molar-refractivity contribution in [2.24, 2.45) is 0 Å². The number of unbranched alkanes of at least 4 members (excludes halogenated alkanes) is 1. The maximum atomic E-state index is 12.3. The van der Waals surface area contributed by atoms with E-state index in [0.29, 0.717) is 12.8 Å². The lowest BCUT2D eigenvalue weighted by Crippen LogP contribution is -2.51. The molecule has 0 aromatic carbocycles. The molecule has 0 spiro atoms. The summed E-state index contributed by atoms with van der Waals surface area (Å²) in [5.74, 6) is -0.320. The Kier molecular flexibility index (Phi) is 3.75. The van der Waals surface area contributed by atoms with Gasteiger partial charge in [-0.05, 0) is 30.5 Å². The van der Waals surface area contributed by atoms with Crippen molar-refractivity contribution < 1.29 is 9.59 Å². The van der Waals surface area contributed by atoms with Gasteiger partial charge in [-0.2, -0.15) is 0 Å². The Labute approximate surface area is 107 Å². The minimum atomic E-state index is -0.549. The van der Waals surface area contributed by atoms with Gasteiger partial charge in [-0.1, -0.05) is 19.8 Å². The van der Waals surface area contributed by atoms with E-state index < -0.39 is 5.41 Å². The lowest BCUT2D eigenvalue weighted by Gasteiger charge is -2.35. The second kappa shape index (κ2) is 5.29. The van der Waals surface area contributed by atoms with Crippen LogP contribution in [0.5, 0.6) is 0 Å². The molecular formula is C14H18N2O2. The van der Waals surface area contributed by atoms with Crippen LogP contribution in [0.25, 0.3) is 0 Å². The summed E-state index contributed by atoms with van der Waals surface area (Å²) in [7, 11) is 0. The predicted octanol–water partition coefficient (Wildman–Crippen LogP) is 1.95. The summed E-state index contributed by atoms with van der Waals surface area (Å²) in [4.78, 5) is 27.6. The lowest BCUT2D eigenvalue weighted by atomic mass is 9.71. The van der Waals surface area contributed by atoms with Crippen LogP contribution in [-0.4, -0.2) is 16.8 Å². The van der Waals surface area contributed by atoms with Crippen molar-refractivity contribution in [1.29, 1.82) is 0 Å². The SMILES string of the molecule is CCCC[C@]1(c2ccncc2)CCC(=O)NC1=O. The molecule has 18 heavy (non-hydrogen) atoms. The van der Waals surface area contributed by atoms with E-state index in [1.807, 2.05) is 12.1 Å². The number of carbonyl (C=O) groups excluding carboxylic acids is 2. The van der Waals surface area contributed by atoms with Gasteiger partial charge in [-0.15, -0.1) is 0 Å². The summed E-state index contributed by atoms with van der Waals surface area (Å²) in [5, 5.41) is 2.48. The number of aromatic nitrogens is 1. The zero-order valence-corrected chi connectivity index (χ0v) is 10.6. The van der Waals surface area contributed by atoms with Gasteiger partial charge in [0.15, 0.2) is 0 Å². The van der Waals surface area contributed by atoms with Crippen molar-refractivity contribution in [2.45, 2.75) is 44.4 Å². The van der Waals surface area contributed by atoms with Crippen LogP contribution in [0.2, 0.25) is 0 Å². The van der Waals surface area contributed by atoms with Gasteiger partial charge in [0.1, 0.15) is 0 Å². The van der Waals surface area contributed by atoms with Crippen LogP contribution < -0.4 is 5.32 Å². The molecule has 4 nitrogen and oxygen atoms in total. The van der Waals surface area contributed by atoms with E-state index in [9.17, 15) is 9.59 Å². The number of pyridine rings is 1. The highest BCUT2D eigenvalue weighted by Crippen LogP contribution is 2.37. The summed E-state index contributed by atoms with van der Waals surface area (Å²) < 4.78 is 0. The maximum absolute atomic E-state index is 12.3. The van der Waals surface area contributed by atoms with E-state index in [4.69, 9.17) is 0 Å². The summed E-state index contributed by atoms with van der Waals surface area (Å²) >= 11 is 0. The first-order chi connectivity index (χ1) is 8.69. The standard InChI is InChI=1S/C14H18N2O2/c1-2-3-7-14(11-5-9-15-10-6-11)8-4-12(17)16-13(14)18/h5-6,9-10H,2-4,7-8H2,1H3,(H,16,17,18)/t14-/m1/s1. The highest BCUT2D eigenvalue weighted by molar-refractivity contribution is 6.03. The highest BCUT2D eigenvalue weighted by Gasteiger charge is 2.43. The first-order valence-corrected chi connectivity index (χ1v) is 6.44. The fraction of sp³-hybridized carbons (Fsp3) is 0.500. The molecule has 1 saturated heterocycles. The van der Waals surface area contributed by atoms with Crippen molar-refractivity contribution in [3.8, 4) is 0 Å². The molecule has 4 heteroatoms. The van der Waals surface area contributed by atoms with E-state index in [1.54, 1.807) is 12.4 Å². The second-order valence-corrected chi connectivity index (χ2v) is 4.80. The zero-order valence-electron chi connectivity index (χ0n) is 10.6. The largest absolute Gasteiger partial charge is 0.296 e. The zero-order chi connectivity index (χ0) is 13.0. The third-order valence-electron chi connectivity index (χ3n) is 3.66. The van der Waals surface area contributed by atoms with Crippen molar-refractivity contribution in [1.82, 2.24) is 10.3 Å². The minimum Gasteiger partial charge on any atom is -0.296 e. The number of piperidine rings is 1. The smallest absolute Gasteiger partial charge is 0.237 e. The number of hydrogen-bond donors (Lipinski definition) is 1. The molecule has 1 aliphatic rings. The summed E-state index contributed by atoms with van der Waals surface area (Å²) in [6, 6.07) is 3.76. The monoisotopic (exact) mass is 246 g/mol. The van der Waals surface area contributed by atoms with E-state index in [0.717, 1.165) is 24.8 Å². The molecule has 1 aromatic heterocycles. The topological polar surface area (TPSA) is 59.1 Å². The Morgan fingerprint density at radius 1 is 1.33 bits per heavy atom. The van der Waals surface area contributed by atoms with Gasteiger partial charge in [0.05, 0.1) is 5.41 Å². The molecule has 96 valence electrons. The quantitative estimate of drug-likeness (QED) is 0.826. The third kappa shape index (κ3) is 2.28. The van der Waals surface area contributed by atoms with E-state index >= 15 is 0 Å². The van der Waals surface area contributed by atoms with Gasteiger partial charge in [0.2, 0.25) is 11.8 Å². The maximum Gasteiger partial charge on any atom is 0.237 e. The number of carbonyl (C=O) groups is 2. The molecule has 1 aliphatic heterocycles. The average molecular weight is 246 g/mol. The minimum absolute atomic E-state index is 0.154. The highest BCUT2D eigenvalue weighted by atomic mass is 16.2. The molecule has 0 unspecified atom stereocenters. The van der Waals surface area contributed by atoms with Gasteiger partial charge >= 0.3 is 0 Å². The predicted molar refractivity (Wildman–Crippen MR) is 67.8 cm³/mol. The molecular weight excluding hydrogens is 228 g/mol. The van der Waals surface area contributed by atoms with Crippen LogP contribution in [0, 0.1) is 0 Å². The molecule has 1 atom stereocenters. The van der Waals surface area contributed by atoms with Crippen LogP contribution in [0.3, 0.4) is 0 Å². The lowest BCUT2D eigenvalue weighted by molar-refractivity contribution is -0.138. The molecule has 0 aliphatic carbocycles. The van der Waals surface area contributed by atoms with E-state index in [-0.39, 0.29) is 11.8 Å². The van der Waals surface area contributed by atoms with Gasteiger partial charge in [0.25, 0.3) is 0 Å². The molecule has 2 heterocycles. The molecule has 1 fully saturated rings. The third-order valence-corrected chi connectivity index (χ3v) is 3.66. The number of hydrogen-bond acceptors (Lipinski definition) is 3.